The number of alkyl halides is 4. The van der Waals surface area contributed by atoms with E-state index in [4.69, 9.17) is 0 Å². The quantitative estimate of drug-likeness (QED) is 0.727. The zero-order chi connectivity index (χ0) is 13.3. The Balaban J connectivity index is 2.34. The first-order valence-corrected chi connectivity index (χ1v) is 7.05. The lowest BCUT2D eigenvalue weighted by atomic mass is 10.1. The smallest absolute Gasteiger partial charge is 0.371 e. The molecule has 0 bridgehead atoms. The molecule has 1 nitrogen and oxygen atoms in total. The summed E-state index contributed by atoms with van der Waals surface area (Å²) in [5, 5.41) is 0.221. The predicted octanol–water partition coefficient (Wildman–Crippen LogP) is 4.45. The molecule has 1 aromatic carbocycles. The highest BCUT2D eigenvalue weighted by Crippen LogP contribution is 2.36. The van der Waals surface area contributed by atoms with Gasteiger partial charge in [0.2, 0.25) is 0 Å². The van der Waals surface area contributed by atoms with Gasteiger partial charge in [0.1, 0.15) is 0 Å². The van der Waals surface area contributed by atoms with Crippen molar-refractivity contribution in [2.24, 2.45) is 5.92 Å². The molecule has 1 unspecified atom stereocenters. The SMILES string of the molecule is CC1CCN(c2ccc(CBr)c(C(F)(F)F)c2)C1. The van der Waals surface area contributed by atoms with Crippen molar-refractivity contribution in [1.82, 2.24) is 0 Å². The lowest BCUT2D eigenvalue weighted by molar-refractivity contribution is -0.138. The Morgan fingerprint density at radius 1 is 1.39 bits per heavy atom. The highest BCUT2D eigenvalue weighted by molar-refractivity contribution is 9.08. The van der Waals surface area contributed by atoms with Crippen molar-refractivity contribution in [2.45, 2.75) is 24.9 Å². The fourth-order valence-corrected chi connectivity index (χ4v) is 2.80. The normalized spacial score (nSPS) is 20.5. The van der Waals surface area contributed by atoms with Crippen LogP contribution < -0.4 is 4.90 Å². The Morgan fingerprint density at radius 3 is 2.61 bits per heavy atom. The Morgan fingerprint density at radius 2 is 2.11 bits per heavy atom. The minimum absolute atomic E-state index is 0.221. The summed E-state index contributed by atoms with van der Waals surface area (Å²) in [4.78, 5) is 2.03. The van der Waals surface area contributed by atoms with Crippen LogP contribution in [0.3, 0.4) is 0 Å². The van der Waals surface area contributed by atoms with Crippen LogP contribution in [0.5, 0.6) is 0 Å². The number of hydrogen-bond donors (Lipinski definition) is 0. The molecule has 1 aliphatic rings. The average Bonchev–Trinajstić information content (AvgIpc) is 2.74. The highest BCUT2D eigenvalue weighted by atomic mass is 79.9. The summed E-state index contributed by atoms with van der Waals surface area (Å²) in [7, 11) is 0. The Kier molecular flexibility index (Phi) is 3.90. The molecule has 1 saturated heterocycles. The van der Waals surface area contributed by atoms with E-state index in [9.17, 15) is 13.2 Å². The van der Waals surface area contributed by atoms with Gasteiger partial charge in [0.25, 0.3) is 0 Å². The van der Waals surface area contributed by atoms with E-state index < -0.39 is 11.7 Å². The van der Waals surface area contributed by atoms with Gasteiger partial charge in [-0.3, -0.25) is 0 Å². The molecule has 1 aliphatic heterocycles. The van der Waals surface area contributed by atoms with Crippen molar-refractivity contribution in [2.75, 3.05) is 18.0 Å². The molecular weight excluding hydrogens is 307 g/mol. The first-order chi connectivity index (χ1) is 8.41. The minimum Gasteiger partial charge on any atom is -0.371 e. The monoisotopic (exact) mass is 321 g/mol. The van der Waals surface area contributed by atoms with Gasteiger partial charge < -0.3 is 4.90 Å². The summed E-state index contributed by atoms with van der Waals surface area (Å²) in [6.07, 6.45) is -3.24. The summed E-state index contributed by atoms with van der Waals surface area (Å²) < 4.78 is 38.8. The molecule has 0 N–H and O–H groups in total. The van der Waals surface area contributed by atoms with Gasteiger partial charge >= 0.3 is 6.18 Å². The second-order valence-corrected chi connectivity index (χ2v) is 5.37. The third-order valence-corrected chi connectivity index (χ3v) is 3.94. The summed E-state index contributed by atoms with van der Waals surface area (Å²) in [6, 6.07) is 4.62. The molecule has 1 aromatic rings. The fraction of sp³-hybridized carbons (Fsp3) is 0.538. The van der Waals surface area contributed by atoms with Gasteiger partial charge in [0.15, 0.2) is 0 Å². The van der Waals surface area contributed by atoms with Crippen LogP contribution in [0.15, 0.2) is 18.2 Å². The van der Waals surface area contributed by atoms with E-state index in [1.807, 2.05) is 4.90 Å². The molecule has 0 amide bonds. The molecule has 1 fully saturated rings. The molecule has 2 rings (SSSR count). The van der Waals surface area contributed by atoms with E-state index in [-0.39, 0.29) is 5.33 Å². The molecule has 0 aliphatic carbocycles. The number of benzene rings is 1. The van der Waals surface area contributed by atoms with Gasteiger partial charge in [-0.25, -0.2) is 0 Å². The first-order valence-electron chi connectivity index (χ1n) is 5.93. The van der Waals surface area contributed by atoms with Crippen LogP contribution in [0.4, 0.5) is 18.9 Å². The lowest BCUT2D eigenvalue weighted by Crippen LogP contribution is -2.20. The summed E-state index contributed by atoms with van der Waals surface area (Å²) >= 11 is 3.10. The molecule has 0 radical (unpaired) electrons. The number of nitrogens with zero attached hydrogens (tertiary/aromatic N) is 1. The highest BCUT2D eigenvalue weighted by Gasteiger charge is 2.34. The van der Waals surface area contributed by atoms with Crippen LogP contribution >= 0.6 is 15.9 Å². The zero-order valence-electron chi connectivity index (χ0n) is 10.1. The largest absolute Gasteiger partial charge is 0.416 e. The molecule has 0 saturated carbocycles. The standard InChI is InChI=1S/C13H15BrF3N/c1-9-4-5-18(8-9)11-3-2-10(7-14)12(6-11)13(15,16)17/h2-3,6,9H,4-5,7-8H2,1H3. The van der Waals surface area contributed by atoms with Crippen LogP contribution in [-0.2, 0) is 11.5 Å². The van der Waals surface area contributed by atoms with Crippen LogP contribution in [-0.4, -0.2) is 13.1 Å². The van der Waals surface area contributed by atoms with Gasteiger partial charge in [-0.05, 0) is 30.0 Å². The third kappa shape index (κ3) is 2.82. The van der Waals surface area contributed by atoms with Crippen molar-refractivity contribution in [3.63, 3.8) is 0 Å². The Hall–Kier alpha value is -0.710. The van der Waals surface area contributed by atoms with Crippen LogP contribution in [0.1, 0.15) is 24.5 Å². The van der Waals surface area contributed by atoms with E-state index in [1.165, 1.54) is 6.07 Å². The number of anilines is 1. The first kappa shape index (κ1) is 13.7. The minimum atomic E-state index is -4.29. The number of rotatable bonds is 2. The van der Waals surface area contributed by atoms with Crippen LogP contribution in [0.25, 0.3) is 0 Å². The van der Waals surface area contributed by atoms with E-state index in [0.29, 0.717) is 17.2 Å². The van der Waals surface area contributed by atoms with Crippen LogP contribution in [0, 0.1) is 5.92 Å². The summed E-state index contributed by atoms with van der Waals surface area (Å²) in [5.74, 6) is 0.551. The molecule has 0 spiro atoms. The second-order valence-electron chi connectivity index (χ2n) is 4.81. The van der Waals surface area contributed by atoms with E-state index in [1.54, 1.807) is 12.1 Å². The third-order valence-electron chi connectivity index (χ3n) is 3.33. The van der Waals surface area contributed by atoms with Crippen molar-refractivity contribution >= 4 is 21.6 Å². The molecule has 100 valence electrons. The van der Waals surface area contributed by atoms with Gasteiger partial charge in [-0.1, -0.05) is 28.9 Å². The lowest BCUT2D eigenvalue weighted by Gasteiger charge is -2.21. The molecule has 18 heavy (non-hydrogen) atoms. The molecular formula is C13H15BrF3N. The fourth-order valence-electron chi connectivity index (χ4n) is 2.31. The number of halogens is 4. The second kappa shape index (κ2) is 5.11. The summed E-state index contributed by atoms with van der Waals surface area (Å²) in [5.41, 5.74) is 0.436. The molecule has 1 heterocycles. The maximum Gasteiger partial charge on any atom is 0.416 e. The van der Waals surface area contributed by atoms with Crippen molar-refractivity contribution < 1.29 is 13.2 Å². The maximum atomic E-state index is 12.9. The van der Waals surface area contributed by atoms with Crippen LogP contribution in [0.2, 0.25) is 0 Å². The Labute approximate surface area is 113 Å². The average molecular weight is 322 g/mol. The zero-order valence-corrected chi connectivity index (χ0v) is 11.7. The van der Waals surface area contributed by atoms with E-state index in [0.717, 1.165) is 19.5 Å². The summed E-state index contributed by atoms with van der Waals surface area (Å²) in [6.45, 7) is 3.80. The van der Waals surface area contributed by atoms with E-state index >= 15 is 0 Å². The van der Waals surface area contributed by atoms with Gasteiger partial charge in [-0.2, -0.15) is 13.2 Å². The number of hydrogen-bond acceptors (Lipinski definition) is 1. The topological polar surface area (TPSA) is 3.24 Å². The van der Waals surface area contributed by atoms with Gasteiger partial charge in [0.05, 0.1) is 5.56 Å². The van der Waals surface area contributed by atoms with Gasteiger partial charge in [0, 0.05) is 24.1 Å². The van der Waals surface area contributed by atoms with Crippen molar-refractivity contribution in [3.05, 3.63) is 29.3 Å². The predicted molar refractivity (Wildman–Crippen MR) is 70.1 cm³/mol. The van der Waals surface area contributed by atoms with Crippen molar-refractivity contribution in [3.8, 4) is 0 Å². The molecule has 5 heteroatoms. The van der Waals surface area contributed by atoms with E-state index in [2.05, 4.69) is 22.9 Å². The molecule has 0 aromatic heterocycles. The maximum absolute atomic E-state index is 12.9. The Bertz CT molecular complexity index is 431. The molecule has 1 atom stereocenters. The van der Waals surface area contributed by atoms with Crippen molar-refractivity contribution in [1.29, 1.82) is 0 Å². The van der Waals surface area contributed by atoms with Gasteiger partial charge in [-0.15, -0.1) is 0 Å².